The molecular weight excluding hydrogens is 352 g/mol. The van der Waals surface area contributed by atoms with Crippen LogP contribution < -0.4 is 10.6 Å². The minimum Gasteiger partial charge on any atom is -0.353 e. The van der Waals surface area contributed by atoms with Crippen molar-refractivity contribution >= 4 is 22.8 Å². The summed E-state index contributed by atoms with van der Waals surface area (Å²) in [4.78, 5) is 29.9. The van der Waals surface area contributed by atoms with E-state index >= 15 is 0 Å². The Morgan fingerprint density at radius 1 is 1.18 bits per heavy atom. The minimum absolute atomic E-state index is 0.0324. The molecule has 1 unspecified atom stereocenters. The number of hydrogen-bond acceptors (Lipinski definition) is 3. The summed E-state index contributed by atoms with van der Waals surface area (Å²) in [5.74, 6) is 0.957. The summed E-state index contributed by atoms with van der Waals surface area (Å²) in [5, 5.41) is 6.00. The Morgan fingerprint density at radius 3 is 2.61 bits per heavy atom. The first-order valence-corrected chi connectivity index (χ1v) is 10.5. The standard InChI is InChI=1S/C22H32N4O2/c1-15(2)20(25-21(27)17-9-5-4-6-10-17)22(28)23-13-14-26-16(3)24-18-11-7-8-12-19(18)26/h7-8,11-12,15,17,20H,4-6,9-10,13-14H2,1-3H3,(H,23,28)(H,25,27). The highest BCUT2D eigenvalue weighted by atomic mass is 16.2. The molecule has 1 saturated carbocycles. The first-order chi connectivity index (χ1) is 13.5. The van der Waals surface area contributed by atoms with Gasteiger partial charge in [0.25, 0.3) is 0 Å². The molecule has 6 heteroatoms. The summed E-state index contributed by atoms with van der Waals surface area (Å²) in [7, 11) is 0. The fourth-order valence-electron chi connectivity index (χ4n) is 4.05. The molecule has 1 fully saturated rings. The lowest BCUT2D eigenvalue weighted by atomic mass is 9.88. The topological polar surface area (TPSA) is 76.0 Å². The quantitative estimate of drug-likeness (QED) is 0.770. The number of aryl methyl sites for hydroxylation is 1. The van der Waals surface area contributed by atoms with Gasteiger partial charge in [-0.1, -0.05) is 45.2 Å². The van der Waals surface area contributed by atoms with E-state index in [2.05, 4.69) is 20.2 Å². The SMILES string of the molecule is Cc1nc2ccccc2n1CCNC(=O)C(NC(=O)C1CCCCC1)C(C)C. The molecular formula is C22H32N4O2. The lowest BCUT2D eigenvalue weighted by Gasteiger charge is -2.26. The van der Waals surface area contributed by atoms with Crippen LogP contribution in [-0.4, -0.2) is 34.0 Å². The molecule has 0 aliphatic heterocycles. The zero-order chi connectivity index (χ0) is 20.1. The summed E-state index contributed by atoms with van der Waals surface area (Å²) in [5.41, 5.74) is 2.03. The maximum atomic E-state index is 12.7. The van der Waals surface area contributed by atoms with Crippen molar-refractivity contribution < 1.29 is 9.59 Å². The number of para-hydroxylation sites is 2. The second-order valence-corrected chi connectivity index (χ2v) is 8.16. The van der Waals surface area contributed by atoms with E-state index in [4.69, 9.17) is 0 Å². The lowest BCUT2D eigenvalue weighted by Crippen LogP contribution is -2.51. The van der Waals surface area contributed by atoms with Gasteiger partial charge in [-0.15, -0.1) is 0 Å². The predicted molar refractivity (Wildman–Crippen MR) is 111 cm³/mol. The van der Waals surface area contributed by atoms with Gasteiger partial charge in [0.1, 0.15) is 11.9 Å². The molecule has 1 aliphatic rings. The van der Waals surface area contributed by atoms with E-state index in [1.807, 2.05) is 45.0 Å². The van der Waals surface area contributed by atoms with Gasteiger partial charge in [0, 0.05) is 19.0 Å². The molecule has 0 saturated heterocycles. The number of rotatable bonds is 7. The van der Waals surface area contributed by atoms with Crippen LogP contribution in [0.15, 0.2) is 24.3 Å². The second-order valence-electron chi connectivity index (χ2n) is 8.16. The van der Waals surface area contributed by atoms with Gasteiger partial charge >= 0.3 is 0 Å². The summed E-state index contributed by atoms with van der Waals surface area (Å²) < 4.78 is 2.11. The van der Waals surface area contributed by atoms with E-state index < -0.39 is 6.04 Å². The summed E-state index contributed by atoms with van der Waals surface area (Å²) in [6.07, 6.45) is 5.29. The molecule has 152 valence electrons. The van der Waals surface area contributed by atoms with Gasteiger partial charge in [0.05, 0.1) is 11.0 Å². The minimum atomic E-state index is -0.491. The molecule has 0 radical (unpaired) electrons. The number of amides is 2. The molecule has 2 N–H and O–H groups in total. The maximum absolute atomic E-state index is 12.7. The van der Waals surface area contributed by atoms with E-state index in [0.29, 0.717) is 13.1 Å². The van der Waals surface area contributed by atoms with Crippen molar-refractivity contribution in [2.24, 2.45) is 11.8 Å². The molecule has 1 aromatic carbocycles. The number of nitrogens with one attached hydrogen (secondary N) is 2. The van der Waals surface area contributed by atoms with Gasteiger partial charge in [0.15, 0.2) is 0 Å². The summed E-state index contributed by atoms with van der Waals surface area (Å²) in [6.45, 7) is 7.07. The maximum Gasteiger partial charge on any atom is 0.242 e. The molecule has 28 heavy (non-hydrogen) atoms. The molecule has 2 amide bonds. The highest BCUT2D eigenvalue weighted by Crippen LogP contribution is 2.24. The van der Waals surface area contributed by atoms with E-state index in [-0.39, 0.29) is 23.7 Å². The van der Waals surface area contributed by atoms with Crippen molar-refractivity contribution in [3.63, 3.8) is 0 Å². The monoisotopic (exact) mass is 384 g/mol. The lowest BCUT2D eigenvalue weighted by molar-refractivity contribution is -0.132. The van der Waals surface area contributed by atoms with Crippen LogP contribution in [0.25, 0.3) is 11.0 Å². The van der Waals surface area contributed by atoms with Crippen LogP contribution in [0.5, 0.6) is 0 Å². The molecule has 2 aromatic rings. The Bertz CT molecular complexity index is 821. The number of carbonyl (C=O) groups excluding carboxylic acids is 2. The molecule has 1 aromatic heterocycles. The fourth-order valence-corrected chi connectivity index (χ4v) is 4.05. The zero-order valence-electron chi connectivity index (χ0n) is 17.2. The normalized spacial score (nSPS) is 16.3. The molecule has 3 rings (SSSR count). The van der Waals surface area contributed by atoms with Crippen LogP contribution >= 0.6 is 0 Å². The van der Waals surface area contributed by atoms with Crippen LogP contribution in [0.1, 0.15) is 51.8 Å². The summed E-state index contributed by atoms with van der Waals surface area (Å²) >= 11 is 0. The zero-order valence-corrected chi connectivity index (χ0v) is 17.2. The second kappa shape index (κ2) is 9.22. The van der Waals surface area contributed by atoms with Crippen LogP contribution in [0.4, 0.5) is 0 Å². The van der Waals surface area contributed by atoms with Crippen LogP contribution in [-0.2, 0) is 16.1 Å². The van der Waals surface area contributed by atoms with Crippen molar-refractivity contribution in [1.29, 1.82) is 0 Å². The number of imidazole rings is 1. The molecule has 0 spiro atoms. The van der Waals surface area contributed by atoms with Crippen LogP contribution in [0, 0.1) is 18.8 Å². The fraction of sp³-hybridized carbons (Fsp3) is 0.591. The molecule has 1 heterocycles. The van der Waals surface area contributed by atoms with Crippen LogP contribution in [0.3, 0.4) is 0 Å². The number of aromatic nitrogens is 2. The number of nitrogens with zero attached hydrogens (tertiary/aromatic N) is 2. The van der Waals surface area contributed by atoms with Gasteiger partial charge < -0.3 is 15.2 Å². The Morgan fingerprint density at radius 2 is 1.89 bits per heavy atom. The third-order valence-electron chi connectivity index (χ3n) is 5.70. The number of fused-ring (bicyclic) bond motifs is 1. The third-order valence-corrected chi connectivity index (χ3v) is 5.70. The average Bonchev–Trinajstić information content (AvgIpc) is 3.01. The van der Waals surface area contributed by atoms with Crippen molar-refractivity contribution in [3.05, 3.63) is 30.1 Å². The van der Waals surface area contributed by atoms with Gasteiger partial charge in [-0.2, -0.15) is 0 Å². The molecule has 0 bridgehead atoms. The first kappa shape index (κ1) is 20.4. The van der Waals surface area contributed by atoms with Gasteiger partial charge in [-0.3, -0.25) is 9.59 Å². The molecule has 1 atom stereocenters. The Labute approximate surface area is 167 Å². The molecule has 6 nitrogen and oxygen atoms in total. The number of hydrogen-bond donors (Lipinski definition) is 2. The number of benzene rings is 1. The van der Waals surface area contributed by atoms with E-state index in [9.17, 15) is 9.59 Å². The molecule has 1 aliphatic carbocycles. The Hall–Kier alpha value is -2.37. The third kappa shape index (κ3) is 4.72. The highest BCUT2D eigenvalue weighted by Gasteiger charge is 2.28. The van der Waals surface area contributed by atoms with Crippen molar-refractivity contribution in [1.82, 2.24) is 20.2 Å². The predicted octanol–water partition coefficient (Wildman–Crippen LogP) is 3.18. The van der Waals surface area contributed by atoms with Gasteiger partial charge in [0.2, 0.25) is 11.8 Å². The van der Waals surface area contributed by atoms with Gasteiger partial charge in [-0.25, -0.2) is 4.98 Å². The Balaban J connectivity index is 1.56. The van der Waals surface area contributed by atoms with Crippen molar-refractivity contribution in [2.45, 2.75) is 65.5 Å². The van der Waals surface area contributed by atoms with Crippen LogP contribution in [0.2, 0.25) is 0 Å². The summed E-state index contributed by atoms with van der Waals surface area (Å²) in [6, 6.07) is 7.51. The van der Waals surface area contributed by atoms with Gasteiger partial charge in [-0.05, 0) is 37.8 Å². The van der Waals surface area contributed by atoms with E-state index in [0.717, 1.165) is 42.5 Å². The number of carbonyl (C=O) groups is 2. The first-order valence-electron chi connectivity index (χ1n) is 10.5. The Kier molecular flexibility index (Phi) is 6.70. The highest BCUT2D eigenvalue weighted by molar-refractivity contribution is 5.88. The van der Waals surface area contributed by atoms with Crippen molar-refractivity contribution in [3.8, 4) is 0 Å². The largest absolute Gasteiger partial charge is 0.353 e. The smallest absolute Gasteiger partial charge is 0.242 e. The van der Waals surface area contributed by atoms with E-state index in [1.165, 1.54) is 6.42 Å². The average molecular weight is 385 g/mol. The van der Waals surface area contributed by atoms with Crippen molar-refractivity contribution in [2.75, 3.05) is 6.54 Å². The van der Waals surface area contributed by atoms with E-state index in [1.54, 1.807) is 0 Å².